The molecule has 192 valence electrons. The molecule has 12 atom stereocenters. The predicted octanol–water partition coefficient (Wildman–Crippen LogP) is 2.85. The van der Waals surface area contributed by atoms with E-state index < -0.39 is 44.9 Å². The van der Waals surface area contributed by atoms with E-state index in [-0.39, 0.29) is 35.6 Å². The van der Waals surface area contributed by atoms with E-state index in [1.807, 2.05) is 26.8 Å². The van der Waals surface area contributed by atoms with E-state index in [4.69, 9.17) is 14.2 Å². The summed E-state index contributed by atoms with van der Waals surface area (Å²) in [5.41, 5.74) is -5.61. The van der Waals surface area contributed by atoms with E-state index in [1.165, 1.54) is 0 Å². The monoisotopic (exact) mass is 486 g/mol. The van der Waals surface area contributed by atoms with Crippen LogP contribution in [-0.2, 0) is 23.8 Å². The summed E-state index contributed by atoms with van der Waals surface area (Å²) < 4.78 is 17.9. The molecule has 3 saturated carbocycles. The fourth-order valence-electron chi connectivity index (χ4n) is 10.0. The number of aliphatic hydroxyl groups is 2. The fourth-order valence-corrected chi connectivity index (χ4v) is 10.0. The van der Waals surface area contributed by atoms with Gasteiger partial charge in [0.2, 0.25) is 0 Å². The molecule has 0 radical (unpaired) electrons. The highest BCUT2D eigenvalue weighted by molar-refractivity contribution is 5.97. The van der Waals surface area contributed by atoms with Crippen LogP contribution in [-0.4, -0.2) is 62.2 Å². The van der Waals surface area contributed by atoms with Gasteiger partial charge in [0.1, 0.15) is 17.3 Å². The zero-order valence-electron chi connectivity index (χ0n) is 21.4. The lowest BCUT2D eigenvalue weighted by Crippen LogP contribution is -2.69. The average Bonchev–Trinajstić information content (AvgIpc) is 3.64. The number of hydrogen-bond acceptors (Lipinski definition) is 7. The maximum absolute atomic E-state index is 13.3. The summed E-state index contributed by atoms with van der Waals surface area (Å²) in [5.74, 6) is -0.710. The number of fused-ring (bicyclic) bond motifs is 5. The number of allylic oxidation sites excluding steroid dienone is 1. The topological polar surface area (TPSA) is 109 Å². The predicted molar refractivity (Wildman–Crippen MR) is 124 cm³/mol. The van der Waals surface area contributed by atoms with Gasteiger partial charge in [0.05, 0.1) is 22.7 Å². The largest absolute Gasteiger partial charge is 0.460 e. The smallest absolute Gasteiger partial charge is 0.341 e. The molecule has 35 heavy (non-hydrogen) atoms. The molecule has 3 heterocycles. The molecule has 0 bridgehead atoms. The Hall–Kier alpha value is -1.28. The third kappa shape index (κ3) is 2.19. The van der Waals surface area contributed by atoms with E-state index in [0.29, 0.717) is 25.7 Å². The summed E-state index contributed by atoms with van der Waals surface area (Å²) in [6.07, 6.45) is 7.46. The Bertz CT molecular complexity index is 1090. The lowest BCUT2D eigenvalue weighted by molar-refractivity contribution is -0.241. The van der Waals surface area contributed by atoms with Crippen molar-refractivity contribution in [1.29, 1.82) is 0 Å². The molecule has 7 heteroatoms. The van der Waals surface area contributed by atoms with Crippen LogP contribution in [0.25, 0.3) is 0 Å². The van der Waals surface area contributed by atoms with E-state index >= 15 is 0 Å². The number of esters is 1. The van der Waals surface area contributed by atoms with Gasteiger partial charge in [-0.25, -0.2) is 4.79 Å². The standard InChI is InChI=1S/C28H38O7/c1-15(18-14-23(3)25(5,35-23)21(30)33-18)26(31)11-12-27(32)17-13-20-28(34-20)9-6-7-19(29)24(28,4)16(17)8-10-22(26,27)2/h6-7,15-18,20,31-32H,8-14H2,1-5H3. The van der Waals surface area contributed by atoms with Crippen LogP contribution in [0.2, 0.25) is 0 Å². The van der Waals surface area contributed by atoms with Crippen molar-refractivity contribution in [3.8, 4) is 0 Å². The second-order valence-corrected chi connectivity index (χ2v) is 13.6. The first-order chi connectivity index (χ1) is 16.2. The van der Waals surface area contributed by atoms with Crippen molar-refractivity contribution < 1.29 is 34.0 Å². The van der Waals surface area contributed by atoms with Crippen LogP contribution < -0.4 is 0 Å². The highest BCUT2D eigenvalue weighted by Crippen LogP contribution is 2.75. The van der Waals surface area contributed by atoms with Gasteiger partial charge in [0, 0.05) is 17.8 Å². The van der Waals surface area contributed by atoms with Gasteiger partial charge in [-0.15, -0.1) is 0 Å². The Kier molecular flexibility index (Phi) is 3.96. The Labute approximate surface area is 206 Å². The van der Waals surface area contributed by atoms with E-state index in [2.05, 4.69) is 6.92 Å². The van der Waals surface area contributed by atoms with Gasteiger partial charge in [-0.05, 0) is 77.2 Å². The molecule has 3 aliphatic heterocycles. The van der Waals surface area contributed by atoms with Crippen LogP contribution in [0.1, 0.15) is 79.6 Å². The number of rotatable bonds is 2. The molecule has 0 aromatic carbocycles. The minimum absolute atomic E-state index is 0.0152. The van der Waals surface area contributed by atoms with Crippen LogP contribution in [0.4, 0.5) is 0 Å². The zero-order chi connectivity index (χ0) is 25.0. The Morgan fingerprint density at radius 2 is 1.80 bits per heavy atom. The Morgan fingerprint density at radius 3 is 2.51 bits per heavy atom. The molecular weight excluding hydrogens is 448 g/mol. The first kappa shape index (κ1) is 22.9. The minimum Gasteiger partial charge on any atom is -0.460 e. The van der Waals surface area contributed by atoms with Crippen molar-refractivity contribution >= 4 is 11.8 Å². The van der Waals surface area contributed by atoms with Crippen molar-refractivity contribution in [2.24, 2.45) is 28.6 Å². The van der Waals surface area contributed by atoms with Gasteiger partial charge in [0.25, 0.3) is 0 Å². The van der Waals surface area contributed by atoms with Gasteiger partial charge in [0.15, 0.2) is 11.4 Å². The Morgan fingerprint density at radius 1 is 1.06 bits per heavy atom. The second-order valence-electron chi connectivity index (χ2n) is 13.6. The zero-order valence-corrected chi connectivity index (χ0v) is 21.4. The maximum Gasteiger partial charge on any atom is 0.341 e. The van der Waals surface area contributed by atoms with Gasteiger partial charge in [-0.3, -0.25) is 4.79 Å². The molecule has 7 nitrogen and oxygen atoms in total. The normalized spacial score (nSPS) is 62.6. The van der Waals surface area contributed by atoms with E-state index in [1.54, 1.807) is 13.0 Å². The number of ketones is 1. The van der Waals surface area contributed by atoms with Crippen LogP contribution in [0.5, 0.6) is 0 Å². The summed E-state index contributed by atoms with van der Waals surface area (Å²) in [6, 6.07) is 0. The molecule has 7 rings (SSSR count). The molecule has 0 amide bonds. The molecule has 3 saturated heterocycles. The molecule has 6 fully saturated rings. The number of epoxide rings is 2. The number of hydrogen-bond donors (Lipinski definition) is 2. The van der Waals surface area contributed by atoms with Crippen LogP contribution in [0.15, 0.2) is 12.2 Å². The molecule has 2 N–H and O–H groups in total. The lowest BCUT2D eigenvalue weighted by Gasteiger charge is -2.62. The summed E-state index contributed by atoms with van der Waals surface area (Å²) >= 11 is 0. The second kappa shape index (κ2) is 6.06. The van der Waals surface area contributed by atoms with E-state index in [0.717, 1.165) is 19.3 Å². The number of carbonyl (C=O) groups excluding carboxylic acids is 2. The Balaban J connectivity index is 1.23. The molecule has 0 aromatic rings. The van der Waals surface area contributed by atoms with Crippen molar-refractivity contribution in [1.82, 2.24) is 0 Å². The minimum atomic E-state index is -1.20. The van der Waals surface area contributed by atoms with Crippen molar-refractivity contribution in [3.05, 3.63) is 12.2 Å². The fraction of sp³-hybridized carbons (Fsp3) is 0.857. The quantitative estimate of drug-likeness (QED) is 0.456. The van der Waals surface area contributed by atoms with Gasteiger partial charge in [-0.1, -0.05) is 19.9 Å². The maximum atomic E-state index is 13.3. The van der Waals surface area contributed by atoms with Crippen LogP contribution in [0, 0.1) is 28.6 Å². The molecular formula is C28H38O7. The van der Waals surface area contributed by atoms with Crippen LogP contribution >= 0.6 is 0 Å². The molecule has 0 aromatic heterocycles. The third-order valence-electron chi connectivity index (χ3n) is 12.9. The van der Waals surface area contributed by atoms with Crippen molar-refractivity contribution in [2.45, 2.75) is 120 Å². The first-order valence-corrected chi connectivity index (χ1v) is 13.5. The average molecular weight is 487 g/mol. The summed E-state index contributed by atoms with van der Waals surface area (Å²) in [6.45, 7) is 9.75. The van der Waals surface area contributed by atoms with E-state index in [9.17, 15) is 19.8 Å². The summed E-state index contributed by atoms with van der Waals surface area (Å²) in [4.78, 5) is 26.0. The van der Waals surface area contributed by atoms with Crippen LogP contribution in [0.3, 0.4) is 0 Å². The number of carbonyl (C=O) groups is 2. The molecule has 12 unspecified atom stereocenters. The van der Waals surface area contributed by atoms with Crippen molar-refractivity contribution in [2.75, 3.05) is 0 Å². The highest BCUT2D eigenvalue weighted by Gasteiger charge is 2.82. The van der Waals surface area contributed by atoms with Gasteiger partial charge in [-0.2, -0.15) is 0 Å². The molecule has 4 aliphatic carbocycles. The number of ether oxygens (including phenoxy) is 3. The number of cyclic esters (lactones) is 1. The lowest BCUT2D eigenvalue weighted by atomic mass is 9.42. The summed E-state index contributed by atoms with van der Waals surface area (Å²) in [5, 5.41) is 24.9. The third-order valence-corrected chi connectivity index (χ3v) is 12.9. The SMILES string of the molecule is CC(C1CC2(C)OC2(C)C(=O)O1)C1(O)CCC2(O)C3CC4OC45CC=CC(=O)C5(C)C3CCC12C. The van der Waals surface area contributed by atoms with Gasteiger partial charge < -0.3 is 24.4 Å². The summed E-state index contributed by atoms with van der Waals surface area (Å²) in [7, 11) is 0. The van der Waals surface area contributed by atoms with Crippen molar-refractivity contribution in [3.63, 3.8) is 0 Å². The highest BCUT2D eigenvalue weighted by atomic mass is 16.7. The first-order valence-electron chi connectivity index (χ1n) is 13.5. The molecule has 1 spiro atoms. The van der Waals surface area contributed by atoms with Gasteiger partial charge >= 0.3 is 5.97 Å². The molecule has 7 aliphatic rings.